The first kappa shape index (κ1) is 17.3. The molecule has 1 saturated carbocycles. The minimum absolute atomic E-state index is 0.0432. The van der Waals surface area contributed by atoms with Crippen molar-refractivity contribution in [1.29, 1.82) is 0 Å². The van der Waals surface area contributed by atoms with Crippen LogP contribution in [0.2, 0.25) is 0 Å². The average Bonchev–Trinajstić information content (AvgIpc) is 3.32. The molecule has 7 nitrogen and oxygen atoms in total. The molecule has 1 aromatic carbocycles. The normalized spacial score (nSPS) is 19.5. The highest BCUT2D eigenvalue weighted by Gasteiger charge is 2.29. The van der Waals surface area contributed by atoms with Gasteiger partial charge in [0, 0.05) is 18.5 Å². The van der Waals surface area contributed by atoms with Gasteiger partial charge in [-0.25, -0.2) is 0 Å². The fourth-order valence-corrected chi connectivity index (χ4v) is 4.58. The number of nitrogens with zero attached hydrogens (tertiary/aromatic N) is 3. The second-order valence-corrected chi connectivity index (χ2v) is 8.66. The molecule has 2 amide bonds. The van der Waals surface area contributed by atoms with Crippen molar-refractivity contribution in [3.8, 4) is 0 Å². The number of fused-ring (bicyclic) bond motifs is 1. The molecule has 0 spiro atoms. The van der Waals surface area contributed by atoms with Crippen molar-refractivity contribution in [3.05, 3.63) is 24.3 Å². The summed E-state index contributed by atoms with van der Waals surface area (Å²) in [5.74, 6) is 0.136. The molecule has 1 atom stereocenters. The predicted octanol–water partition coefficient (Wildman–Crippen LogP) is 2.97. The van der Waals surface area contributed by atoms with Crippen LogP contribution in [-0.4, -0.2) is 39.8 Å². The lowest BCUT2D eigenvalue weighted by atomic mass is 10.2. The number of carbonyl (C=O) groups is 2. The molecule has 1 aliphatic carbocycles. The molecule has 4 rings (SSSR count). The van der Waals surface area contributed by atoms with E-state index in [1.807, 2.05) is 31.2 Å². The van der Waals surface area contributed by atoms with Gasteiger partial charge in [-0.05, 0) is 31.9 Å². The van der Waals surface area contributed by atoms with Crippen molar-refractivity contribution in [2.45, 2.75) is 42.6 Å². The Kier molecular flexibility index (Phi) is 4.82. The molecular formula is C17H19N5O2S2. The van der Waals surface area contributed by atoms with E-state index in [0.717, 1.165) is 15.2 Å². The summed E-state index contributed by atoms with van der Waals surface area (Å²) in [6, 6.07) is 7.73. The molecule has 0 radical (unpaired) electrons. The van der Waals surface area contributed by atoms with Gasteiger partial charge in [0.15, 0.2) is 4.34 Å². The standard InChI is InChI=1S/C17H19N5O2S2/c1-10-8-14(23)19-12-4-2-3-5-13(12)22(10)15(24)9-25-17-21-20-16(26-17)18-11-6-7-11/h2-5,10-11H,6-9H2,1H3,(H,18,20)(H,19,23)/t10-/m1/s1. The van der Waals surface area contributed by atoms with Crippen molar-refractivity contribution in [2.24, 2.45) is 0 Å². The first-order chi connectivity index (χ1) is 12.6. The lowest BCUT2D eigenvalue weighted by Gasteiger charge is -2.27. The van der Waals surface area contributed by atoms with Gasteiger partial charge in [0.05, 0.1) is 17.1 Å². The van der Waals surface area contributed by atoms with Gasteiger partial charge in [0.2, 0.25) is 16.9 Å². The number of hydrogen-bond donors (Lipinski definition) is 2. The van der Waals surface area contributed by atoms with Crippen LogP contribution in [-0.2, 0) is 9.59 Å². The summed E-state index contributed by atoms with van der Waals surface area (Å²) in [5, 5.41) is 15.3. The molecule has 0 bridgehead atoms. The minimum Gasteiger partial charge on any atom is -0.357 e. The van der Waals surface area contributed by atoms with Crippen LogP contribution in [0.15, 0.2) is 28.6 Å². The number of carbonyl (C=O) groups excluding carboxylic acids is 2. The molecular weight excluding hydrogens is 370 g/mol. The summed E-state index contributed by atoms with van der Waals surface area (Å²) in [4.78, 5) is 26.6. The Morgan fingerprint density at radius 1 is 1.38 bits per heavy atom. The molecule has 0 unspecified atom stereocenters. The van der Waals surface area contributed by atoms with Crippen molar-refractivity contribution in [3.63, 3.8) is 0 Å². The van der Waals surface area contributed by atoms with Crippen LogP contribution < -0.4 is 15.5 Å². The van der Waals surface area contributed by atoms with E-state index in [9.17, 15) is 9.59 Å². The number of rotatable bonds is 5. The first-order valence-corrected chi connectivity index (χ1v) is 10.3. The molecule has 2 N–H and O–H groups in total. The van der Waals surface area contributed by atoms with Crippen molar-refractivity contribution >= 4 is 51.4 Å². The van der Waals surface area contributed by atoms with Crippen molar-refractivity contribution in [1.82, 2.24) is 10.2 Å². The zero-order chi connectivity index (χ0) is 18.1. The van der Waals surface area contributed by atoms with E-state index in [0.29, 0.717) is 11.7 Å². The maximum Gasteiger partial charge on any atom is 0.237 e. The van der Waals surface area contributed by atoms with Crippen molar-refractivity contribution in [2.75, 3.05) is 21.3 Å². The molecule has 1 aliphatic heterocycles. The summed E-state index contributed by atoms with van der Waals surface area (Å²) in [7, 11) is 0. The number of nitrogens with one attached hydrogen (secondary N) is 2. The second kappa shape index (κ2) is 7.24. The van der Waals surface area contributed by atoms with Crippen LogP contribution in [0.25, 0.3) is 0 Å². The van der Waals surface area contributed by atoms with E-state index in [-0.39, 0.29) is 30.0 Å². The Morgan fingerprint density at radius 3 is 3.00 bits per heavy atom. The van der Waals surface area contributed by atoms with Crippen molar-refractivity contribution < 1.29 is 9.59 Å². The van der Waals surface area contributed by atoms with E-state index in [1.165, 1.54) is 35.9 Å². The topological polar surface area (TPSA) is 87.2 Å². The molecule has 1 fully saturated rings. The second-order valence-electron chi connectivity index (χ2n) is 6.46. The lowest BCUT2D eigenvalue weighted by Crippen LogP contribution is -2.40. The number of benzene rings is 1. The fraction of sp³-hybridized carbons (Fsp3) is 0.412. The van der Waals surface area contributed by atoms with Crippen LogP contribution in [0.3, 0.4) is 0 Å². The van der Waals surface area contributed by atoms with E-state index >= 15 is 0 Å². The zero-order valence-electron chi connectivity index (χ0n) is 14.3. The van der Waals surface area contributed by atoms with Gasteiger partial charge in [0.25, 0.3) is 0 Å². The van der Waals surface area contributed by atoms with Crippen LogP contribution in [0.1, 0.15) is 26.2 Å². The zero-order valence-corrected chi connectivity index (χ0v) is 15.9. The van der Waals surface area contributed by atoms with Crippen LogP contribution >= 0.6 is 23.1 Å². The first-order valence-electron chi connectivity index (χ1n) is 8.54. The number of para-hydroxylation sites is 2. The Labute approximate surface area is 159 Å². The van der Waals surface area contributed by atoms with E-state index < -0.39 is 0 Å². The summed E-state index contributed by atoms with van der Waals surface area (Å²) in [6.45, 7) is 1.90. The maximum absolute atomic E-state index is 12.9. The van der Waals surface area contributed by atoms with E-state index in [4.69, 9.17) is 0 Å². The summed E-state index contributed by atoms with van der Waals surface area (Å²) in [6.07, 6.45) is 2.64. The number of hydrogen-bond acceptors (Lipinski definition) is 7. The average molecular weight is 390 g/mol. The Balaban J connectivity index is 1.46. The number of amides is 2. The van der Waals surface area contributed by atoms with Crippen LogP contribution in [0, 0.1) is 0 Å². The molecule has 26 heavy (non-hydrogen) atoms. The SMILES string of the molecule is C[C@@H]1CC(=O)Nc2ccccc2N1C(=O)CSc1nnc(NC2CC2)s1. The monoisotopic (exact) mass is 389 g/mol. The molecule has 2 aliphatic rings. The molecule has 2 aromatic rings. The number of aromatic nitrogens is 2. The highest BCUT2D eigenvalue weighted by atomic mass is 32.2. The fourth-order valence-electron chi connectivity index (χ4n) is 2.89. The van der Waals surface area contributed by atoms with Gasteiger partial charge in [-0.2, -0.15) is 0 Å². The van der Waals surface area contributed by atoms with Gasteiger partial charge < -0.3 is 15.5 Å². The Hall–Kier alpha value is -2.13. The van der Waals surface area contributed by atoms with Gasteiger partial charge in [-0.15, -0.1) is 10.2 Å². The van der Waals surface area contributed by atoms with Gasteiger partial charge in [0.1, 0.15) is 0 Å². The predicted molar refractivity (Wildman–Crippen MR) is 104 cm³/mol. The van der Waals surface area contributed by atoms with Gasteiger partial charge >= 0.3 is 0 Å². The largest absolute Gasteiger partial charge is 0.357 e. The third kappa shape index (κ3) is 3.83. The maximum atomic E-state index is 12.9. The summed E-state index contributed by atoms with van der Waals surface area (Å²) >= 11 is 2.86. The summed E-state index contributed by atoms with van der Waals surface area (Å²) in [5.41, 5.74) is 1.41. The van der Waals surface area contributed by atoms with E-state index in [2.05, 4.69) is 20.8 Å². The molecule has 0 saturated heterocycles. The third-order valence-corrected chi connectivity index (χ3v) is 6.23. The van der Waals surface area contributed by atoms with Gasteiger partial charge in [-0.3, -0.25) is 9.59 Å². The third-order valence-electron chi connectivity index (χ3n) is 4.26. The highest BCUT2D eigenvalue weighted by Crippen LogP contribution is 2.33. The van der Waals surface area contributed by atoms with Crippen LogP contribution in [0.5, 0.6) is 0 Å². The quantitative estimate of drug-likeness (QED) is 0.765. The molecule has 9 heteroatoms. The Bertz CT molecular complexity index is 836. The minimum atomic E-state index is -0.201. The highest BCUT2D eigenvalue weighted by molar-refractivity contribution is 8.01. The van der Waals surface area contributed by atoms with E-state index in [1.54, 1.807) is 4.90 Å². The summed E-state index contributed by atoms with van der Waals surface area (Å²) < 4.78 is 0.770. The van der Waals surface area contributed by atoms with Crippen LogP contribution in [0.4, 0.5) is 16.5 Å². The number of thioether (sulfide) groups is 1. The molecule has 2 heterocycles. The smallest absolute Gasteiger partial charge is 0.237 e. The lowest BCUT2D eigenvalue weighted by molar-refractivity contribution is -0.117. The molecule has 1 aromatic heterocycles. The number of anilines is 3. The van der Waals surface area contributed by atoms with Gasteiger partial charge in [-0.1, -0.05) is 35.2 Å². The molecule has 136 valence electrons. The Morgan fingerprint density at radius 2 is 2.19 bits per heavy atom.